The Kier molecular flexibility index (Phi) is 3.77. The zero-order valence-corrected chi connectivity index (χ0v) is 15.5. The number of hydrogen-bond acceptors (Lipinski definition) is 1. The second-order valence-corrected chi connectivity index (χ2v) is 7.83. The molecule has 0 aliphatic rings. The molecule has 0 bridgehead atoms. The molecule has 0 amide bonds. The largest absolute Gasteiger partial charge is 0.135 e. The maximum absolute atomic E-state index is 6.34. The van der Waals surface area contributed by atoms with Crippen LogP contribution in [0.3, 0.4) is 0 Å². The first kappa shape index (κ1) is 15.6. The number of fused-ring (bicyclic) bond motifs is 3. The molecule has 0 atom stereocenters. The predicted molar refractivity (Wildman–Crippen MR) is 115 cm³/mol. The highest BCUT2D eigenvalue weighted by molar-refractivity contribution is 7.26. The molecule has 2 heteroatoms. The van der Waals surface area contributed by atoms with Crippen molar-refractivity contribution in [1.29, 1.82) is 0 Å². The van der Waals surface area contributed by atoms with Gasteiger partial charge in [0.15, 0.2) is 0 Å². The fourth-order valence-electron chi connectivity index (χ4n) is 3.57. The predicted octanol–water partition coefficient (Wildman–Crippen LogP) is 8.04. The summed E-state index contributed by atoms with van der Waals surface area (Å²) < 4.78 is 2.65. The molecule has 1 heterocycles. The molecule has 5 rings (SSSR count). The summed E-state index contributed by atoms with van der Waals surface area (Å²) in [6.07, 6.45) is 0. The minimum absolute atomic E-state index is 0.760. The van der Waals surface area contributed by atoms with Crippen molar-refractivity contribution in [2.24, 2.45) is 0 Å². The average Bonchev–Trinajstić information content (AvgIpc) is 3.08. The standard InChI is InChI=1S/C24H15ClS/c25-17-13-14-18(22(15-17)16-7-2-1-3-8-16)20-10-6-11-21-19-9-4-5-12-23(19)26-24(20)21/h1-15H. The SMILES string of the molecule is Clc1ccc(-c2cccc3c2sc2ccccc23)c(-c2ccccc2)c1. The van der Waals surface area contributed by atoms with E-state index in [0.717, 1.165) is 5.02 Å². The van der Waals surface area contributed by atoms with Gasteiger partial charge in [-0.1, -0.05) is 84.4 Å². The maximum Gasteiger partial charge on any atom is 0.0434 e. The van der Waals surface area contributed by atoms with Gasteiger partial charge < -0.3 is 0 Å². The summed E-state index contributed by atoms with van der Waals surface area (Å²) in [7, 11) is 0. The van der Waals surface area contributed by atoms with Crippen LogP contribution in [0.15, 0.2) is 91.0 Å². The Balaban J connectivity index is 1.84. The van der Waals surface area contributed by atoms with Crippen molar-refractivity contribution in [2.75, 3.05) is 0 Å². The number of thiophene rings is 1. The number of rotatable bonds is 2. The van der Waals surface area contributed by atoms with Gasteiger partial charge in [-0.3, -0.25) is 0 Å². The Bertz CT molecular complexity index is 1240. The van der Waals surface area contributed by atoms with Crippen LogP contribution in [-0.2, 0) is 0 Å². The van der Waals surface area contributed by atoms with Crippen LogP contribution < -0.4 is 0 Å². The van der Waals surface area contributed by atoms with E-state index in [1.807, 2.05) is 23.5 Å². The molecule has 0 spiro atoms. The summed E-state index contributed by atoms with van der Waals surface area (Å²) in [4.78, 5) is 0. The lowest BCUT2D eigenvalue weighted by Crippen LogP contribution is -1.86. The molecule has 0 fully saturated rings. The minimum Gasteiger partial charge on any atom is -0.135 e. The quantitative estimate of drug-likeness (QED) is 0.295. The van der Waals surface area contributed by atoms with Gasteiger partial charge in [-0.2, -0.15) is 0 Å². The molecular weight excluding hydrogens is 356 g/mol. The van der Waals surface area contributed by atoms with Gasteiger partial charge in [-0.15, -0.1) is 11.3 Å². The van der Waals surface area contributed by atoms with Crippen molar-refractivity contribution in [3.05, 3.63) is 96.0 Å². The maximum atomic E-state index is 6.34. The van der Waals surface area contributed by atoms with E-state index in [1.165, 1.54) is 42.4 Å². The van der Waals surface area contributed by atoms with Gasteiger partial charge in [0.05, 0.1) is 0 Å². The Morgan fingerprint density at radius 3 is 2.23 bits per heavy atom. The van der Waals surface area contributed by atoms with Crippen LogP contribution in [-0.4, -0.2) is 0 Å². The fourth-order valence-corrected chi connectivity index (χ4v) is 4.97. The number of hydrogen-bond donors (Lipinski definition) is 0. The minimum atomic E-state index is 0.760. The van der Waals surface area contributed by atoms with Crippen LogP contribution in [0.2, 0.25) is 5.02 Å². The van der Waals surface area contributed by atoms with E-state index in [4.69, 9.17) is 11.6 Å². The molecule has 0 saturated carbocycles. The molecule has 0 aliphatic heterocycles. The molecule has 0 N–H and O–H groups in total. The molecule has 5 aromatic rings. The van der Waals surface area contributed by atoms with Crippen molar-refractivity contribution >= 4 is 43.1 Å². The zero-order chi connectivity index (χ0) is 17.5. The van der Waals surface area contributed by atoms with Gasteiger partial charge in [-0.25, -0.2) is 0 Å². The van der Waals surface area contributed by atoms with Gasteiger partial charge in [0.1, 0.15) is 0 Å². The van der Waals surface area contributed by atoms with Crippen LogP contribution in [0.25, 0.3) is 42.4 Å². The van der Waals surface area contributed by atoms with E-state index < -0.39 is 0 Å². The topological polar surface area (TPSA) is 0 Å². The Hall–Kier alpha value is -2.61. The van der Waals surface area contributed by atoms with E-state index in [-0.39, 0.29) is 0 Å². The van der Waals surface area contributed by atoms with Crippen molar-refractivity contribution in [2.45, 2.75) is 0 Å². The third-order valence-corrected chi connectivity index (χ3v) is 6.22. The lowest BCUT2D eigenvalue weighted by atomic mass is 9.94. The van der Waals surface area contributed by atoms with Gasteiger partial charge >= 0.3 is 0 Å². The zero-order valence-electron chi connectivity index (χ0n) is 13.9. The van der Waals surface area contributed by atoms with Crippen molar-refractivity contribution in [3.8, 4) is 22.3 Å². The van der Waals surface area contributed by atoms with Crippen molar-refractivity contribution < 1.29 is 0 Å². The summed E-state index contributed by atoms with van der Waals surface area (Å²) in [5.41, 5.74) is 4.84. The van der Waals surface area contributed by atoms with Crippen LogP contribution in [0.1, 0.15) is 0 Å². The fraction of sp³-hybridized carbons (Fsp3) is 0. The van der Waals surface area contributed by atoms with Crippen molar-refractivity contribution in [1.82, 2.24) is 0 Å². The smallest absolute Gasteiger partial charge is 0.0434 e. The summed E-state index contributed by atoms with van der Waals surface area (Å²) in [5, 5.41) is 3.40. The van der Waals surface area contributed by atoms with E-state index >= 15 is 0 Å². The first-order valence-corrected chi connectivity index (χ1v) is 9.76. The molecule has 4 aromatic carbocycles. The molecule has 1 aromatic heterocycles. The average molecular weight is 371 g/mol. The highest BCUT2D eigenvalue weighted by Crippen LogP contribution is 2.43. The van der Waals surface area contributed by atoms with E-state index in [9.17, 15) is 0 Å². The van der Waals surface area contributed by atoms with E-state index in [1.54, 1.807) is 0 Å². The Morgan fingerprint density at radius 2 is 1.35 bits per heavy atom. The second-order valence-electron chi connectivity index (χ2n) is 6.34. The first-order valence-electron chi connectivity index (χ1n) is 8.57. The van der Waals surface area contributed by atoms with Crippen molar-refractivity contribution in [3.63, 3.8) is 0 Å². The molecule has 26 heavy (non-hydrogen) atoms. The Morgan fingerprint density at radius 1 is 0.577 bits per heavy atom. The third kappa shape index (κ3) is 2.52. The first-order chi connectivity index (χ1) is 12.8. The number of benzene rings is 4. The highest BCUT2D eigenvalue weighted by atomic mass is 35.5. The third-order valence-electron chi connectivity index (χ3n) is 4.76. The molecule has 0 unspecified atom stereocenters. The highest BCUT2D eigenvalue weighted by Gasteiger charge is 2.14. The summed E-state index contributed by atoms with van der Waals surface area (Å²) in [6.45, 7) is 0. The molecule has 124 valence electrons. The monoisotopic (exact) mass is 370 g/mol. The van der Waals surface area contributed by atoms with E-state index in [2.05, 4.69) is 78.9 Å². The summed E-state index contributed by atoms with van der Waals surface area (Å²) in [6, 6.07) is 31.9. The van der Waals surface area contributed by atoms with Crippen LogP contribution in [0, 0.1) is 0 Å². The molecule has 0 nitrogen and oxygen atoms in total. The van der Waals surface area contributed by atoms with Gasteiger partial charge in [-0.05, 0) is 34.9 Å². The number of halogens is 1. The molecular formula is C24H15ClS. The molecule has 0 radical (unpaired) electrons. The van der Waals surface area contributed by atoms with E-state index in [0.29, 0.717) is 0 Å². The molecule has 0 saturated heterocycles. The summed E-state index contributed by atoms with van der Waals surface area (Å²) in [5.74, 6) is 0. The second kappa shape index (κ2) is 6.28. The van der Waals surface area contributed by atoms with Gasteiger partial charge in [0.2, 0.25) is 0 Å². The van der Waals surface area contributed by atoms with Crippen LogP contribution in [0.4, 0.5) is 0 Å². The lowest BCUT2D eigenvalue weighted by molar-refractivity contribution is 1.60. The van der Waals surface area contributed by atoms with Crippen LogP contribution >= 0.6 is 22.9 Å². The van der Waals surface area contributed by atoms with Gasteiger partial charge in [0.25, 0.3) is 0 Å². The van der Waals surface area contributed by atoms with Gasteiger partial charge in [0, 0.05) is 30.8 Å². The van der Waals surface area contributed by atoms with Crippen LogP contribution in [0.5, 0.6) is 0 Å². The lowest BCUT2D eigenvalue weighted by Gasteiger charge is -2.12. The molecule has 0 aliphatic carbocycles. The Labute approximate surface area is 161 Å². The normalized spacial score (nSPS) is 11.3. The summed E-state index contributed by atoms with van der Waals surface area (Å²) >= 11 is 8.20.